The fraction of sp³-hybridized carbons (Fsp3) is 0.400. The molecular formula is C15H18BrNO3S. The lowest BCUT2D eigenvalue weighted by Crippen LogP contribution is -2.04. The Morgan fingerprint density at radius 3 is 2.38 bits per heavy atom. The number of aliphatic hydroxyl groups excluding tert-OH is 1. The SMILES string of the molecule is COc1cc(Br)c(C(O)Cc2nc(C)c(C)s2)cc1OC. The van der Waals surface area contributed by atoms with Crippen molar-refractivity contribution in [1.29, 1.82) is 0 Å². The lowest BCUT2D eigenvalue weighted by molar-refractivity contribution is 0.177. The summed E-state index contributed by atoms with van der Waals surface area (Å²) in [6.07, 6.45) is -0.169. The summed E-state index contributed by atoms with van der Waals surface area (Å²) in [6, 6.07) is 3.59. The molecule has 114 valence electrons. The highest BCUT2D eigenvalue weighted by molar-refractivity contribution is 9.10. The molecule has 0 radical (unpaired) electrons. The van der Waals surface area contributed by atoms with E-state index < -0.39 is 6.10 Å². The lowest BCUT2D eigenvalue weighted by Gasteiger charge is -2.15. The third-order valence-electron chi connectivity index (χ3n) is 3.30. The molecule has 6 heteroatoms. The van der Waals surface area contributed by atoms with Gasteiger partial charge >= 0.3 is 0 Å². The van der Waals surface area contributed by atoms with E-state index >= 15 is 0 Å². The van der Waals surface area contributed by atoms with Crippen molar-refractivity contribution < 1.29 is 14.6 Å². The molecule has 1 heterocycles. The summed E-state index contributed by atoms with van der Waals surface area (Å²) in [5, 5.41) is 11.4. The van der Waals surface area contributed by atoms with E-state index in [1.165, 1.54) is 4.88 Å². The summed E-state index contributed by atoms with van der Waals surface area (Å²) < 4.78 is 11.3. The van der Waals surface area contributed by atoms with Crippen LogP contribution in [0.5, 0.6) is 11.5 Å². The highest BCUT2D eigenvalue weighted by atomic mass is 79.9. The second-order valence-corrected chi connectivity index (χ2v) is 6.84. The van der Waals surface area contributed by atoms with Crippen molar-refractivity contribution in [3.8, 4) is 11.5 Å². The molecule has 0 bridgehead atoms. The predicted octanol–water partition coefficient (Wildman–Crippen LogP) is 3.82. The van der Waals surface area contributed by atoms with Crippen LogP contribution >= 0.6 is 27.3 Å². The molecule has 0 saturated heterocycles. The van der Waals surface area contributed by atoms with Crippen LogP contribution in [-0.2, 0) is 6.42 Å². The number of ether oxygens (including phenoxy) is 2. The number of rotatable bonds is 5. The maximum atomic E-state index is 10.5. The average molecular weight is 372 g/mol. The summed E-state index contributed by atoms with van der Waals surface area (Å²) in [5.41, 5.74) is 1.78. The second kappa shape index (κ2) is 6.77. The first-order chi connectivity index (χ1) is 9.96. The minimum absolute atomic E-state index is 0.480. The molecule has 1 aromatic carbocycles. The number of aliphatic hydroxyl groups is 1. The Bertz CT molecular complexity index is 623. The van der Waals surface area contributed by atoms with Gasteiger partial charge in [-0.15, -0.1) is 11.3 Å². The number of aryl methyl sites for hydroxylation is 2. The summed E-state index contributed by atoms with van der Waals surface area (Å²) in [6.45, 7) is 4.02. The number of hydrogen-bond donors (Lipinski definition) is 1. The zero-order valence-electron chi connectivity index (χ0n) is 12.4. The zero-order valence-corrected chi connectivity index (χ0v) is 14.8. The molecule has 4 nitrogen and oxygen atoms in total. The third-order valence-corrected chi connectivity index (χ3v) is 5.08. The Balaban J connectivity index is 2.28. The van der Waals surface area contributed by atoms with Gasteiger partial charge in [0.1, 0.15) is 0 Å². The first-order valence-corrected chi connectivity index (χ1v) is 8.09. The fourth-order valence-electron chi connectivity index (χ4n) is 2.03. The monoisotopic (exact) mass is 371 g/mol. The standard InChI is InChI=1S/C15H18BrNO3S/c1-8-9(2)21-15(17-8)7-12(18)10-5-13(19-3)14(20-4)6-11(10)16/h5-6,12,18H,7H2,1-4H3. The van der Waals surface area contributed by atoms with E-state index in [4.69, 9.17) is 9.47 Å². The number of aromatic nitrogens is 1. The molecule has 0 spiro atoms. The van der Waals surface area contributed by atoms with Crippen LogP contribution in [0.15, 0.2) is 16.6 Å². The molecule has 1 aromatic heterocycles. The second-order valence-electron chi connectivity index (χ2n) is 4.70. The molecule has 2 aromatic rings. The molecule has 1 unspecified atom stereocenters. The zero-order chi connectivity index (χ0) is 15.6. The molecule has 0 aliphatic carbocycles. The lowest BCUT2D eigenvalue weighted by atomic mass is 10.1. The van der Waals surface area contributed by atoms with E-state index in [0.29, 0.717) is 17.9 Å². The smallest absolute Gasteiger partial charge is 0.161 e. The third kappa shape index (κ3) is 3.56. The van der Waals surface area contributed by atoms with Gasteiger partial charge in [0, 0.05) is 15.8 Å². The van der Waals surface area contributed by atoms with Gasteiger partial charge in [0.15, 0.2) is 11.5 Å². The van der Waals surface area contributed by atoms with Crippen LogP contribution in [0, 0.1) is 13.8 Å². The first-order valence-electron chi connectivity index (χ1n) is 6.48. The Hall–Kier alpha value is -1.11. The quantitative estimate of drug-likeness (QED) is 0.867. The number of thiazole rings is 1. The Morgan fingerprint density at radius 1 is 1.24 bits per heavy atom. The Morgan fingerprint density at radius 2 is 1.86 bits per heavy atom. The Kier molecular flexibility index (Phi) is 5.24. The maximum absolute atomic E-state index is 10.5. The van der Waals surface area contributed by atoms with Crippen molar-refractivity contribution in [3.63, 3.8) is 0 Å². The van der Waals surface area contributed by atoms with Crippen molar-refractivity contribution in [2.24, 2.45) is 0 Å². The van der Waals surface area contributed by atoms with Crippen LogP contribution in [0.3, 0.4) is 0 Å². The van der Waals surface area contributed by atoms with Gasteiger partial charge < -0.3 is 14.6 Å². The van der Waals surface area contributed by atoms with Crippen molar-refractivity contribution in [1.82, 2.24) is 4.98 Å². The highest BCUT2D eigenvalue weighted by Gasteiger charge is 2.18. The number of benzene rings is 1. The van der Waals surface area contributed by atoms with Crippen LogP contribution < -0.4 is 9.47 Å². The largest absolute Gasteiger partial charge is 0.493 e. The maximum Gasteiger partial charge on any atom is 0.161 e. The number of halogens is 1. The van der Waals surface area contributed by atoms with E-state index in [0.717, 1.165) is 20.7 Å². The van der Waals surface area contributed by atoms with Gasteiger partial charge in [-0.25, -0.2) is 4.98 Å². The number of nitrogens with zero attached hydrogens (tertiary/aromatic N) is 1. The molecular weight excluding hydrogens is 354 g/mol. The summed E-state index contributed by atoms with van der Waals surface area (Å²) in [4.78, 5) is 5.65. The summed E-state index contributed by atoms with van der Waals surface area (Å²) in [5.74, 6) is 1.22. The van der Waals surface area contributed by atoms with E-state index in [9.17, 15) is 5.11 Å². The molecule has 0 aliphatic heterocycles. The molecule has 0 amide bonds. The predicted molar refractivity (Wildman–Crippen MR) is 87.5 cm³/mol. The van der Waals surface area contributed by atoms with Crippen LogP contribution in [0.4, 0.5) is 0 Å². The van der Waals surface area contributed by atoms with E-state index in [1.54, 1.807) is 37.7 Å². The molecule has 0 aliphatic rings. The molecule has 2 rings (SSSR count). The van der Waals surface area contributed by atoms with E-state index in [-0.39, 0.29) is 0 Å². The van der Waals surface area contributed by atoms with Crippen LogP contribution in [-0.4, -0.2) is 24.3 Å². The van der Waals surface area contributed by atoms with Gasteiger partial charge in [0.2, 0.25) is 0 Å². The van der Waals surface area contributed by atoms with Crippen LogP contribution in [0.1, 0.15) is 27.2 Å². The van der Waals surface area contributed by atoms with Crippen molar-refractivity contribution in [2.75, 3.05) is 14.2 Å². The van der Waals surface area contributed by atoms with Gasteiger partial charge in [-0.2, -0.15) is 0 Å². The first kappa shape index (κ1) is 16.3. The Labute approximate surface area is 136 Å². The van der Waals surface area contributed by atoms with Crippen molar-refractivity contribution in [2.45, 2.75) is 26.4 Å². The van der Waals surface area contributed by atoms with Gasteiger partial charge in [0.25, 0.3) is 0 Å². The van der Waals surface area contributed by atoms with Gasteiger partial charge in [0.05, 0.1) is 31.0 Å². The number of methoxy groups -OCH3 is 2. The van der Waals surface area contributed by atoms with Gasteiger partial charge in [-0.1, -0.05) is 15.9 Å². The average Bonchev–Trinajstić information content (AvgIpc) is 2.76. The van der Waals surface area contributed by atoms with Crippen molar-refractivity contribution in [3.05, 3.63) is 37.7 Å². The van der Waals surface area contributed by atoms with Crippen LogP contribution in [0.25, 0.3) is 0 Å². The molecule has 21 heavy (non-hydrogen) atoms. The van der Waals surface area contributed by atoms with E-state index in [1.807, 2.05) is 13.8 Å². The van der Waals surface area contributed by atoms with Crippen molar-refractivity contribution >= 4 is 27.3 Å². The number of hydrogen-bond acceptors (Lipinski definition) is 5. The van der Waals surface area contributed by atoms with Gasteiger partial charge in [-0.3, -0.25) is 0 Å². The van der Waals surface area contributed by atoms with Crippen LogP contribution in [0.2, 0.25) is 0 Å². The molecule has 0 fully saturated rings. The highest BCUT2D eigenvalue weighted by Crippen LogP contribution is 2.37. The topological polar surface area (TPSA) is 51.6 Å². The van der Waals surface area contributed by atoms with E-state index in [2.05, 4.69) is 20.9 Å². The molecule has 0 saturated carbocycles. The minimum Gasteiger partial charge on any atom is -0.493 e. The minimum atomic E-state index is -0.649. The fourth-order valence-corrected chi connectivity index (χ4v) is 3.58. The summed E-state index contributed by atoms with van der Waals surface area (Å²) >= 11 is 5.09. The summed E-state index contributed by atoms with van der Waals surface area (Å²) in [7, 11) is 3.16. The molecule has 1 atom stereocenters. The normalized spacial score (nSPS) is 12.3. The molecule has 1 N–H and O–H groups in total. The van der Waals surface area contributed by atoms with Gasteiger partial charge in [-0.05, 0) is 31.5 Å².